The molecule has 2 aromatic carbocycles. The number of para-hydroxylation sites is 1. The van der Waals surface area contributed by atoms with Crippen LogP contribution in [0.2, 0.25) is 0 Å². The van der Waals surface area contributed by atoms with Gasteiger partial charge in [0.25, 0.3) is 0 Å². The third kappa shape index (κ3) is 6.14. The first kappa shape index (κ1) is 24.6. The number of hydrogen-bond acceptors (Lipinski definition) is 5. The van der Waals surface area contributed by atoms with E-state index in [4.69, 9.17) is 0 Å². The normalized spacial score (nSPS) is 12.1. The van der Waals surface area contributed by atoms with Gasteiger partial charge in [-0.3, -0.25) is 9.59 Å². The standard InChI is InChI=1S/C27H31N5O2S/c1-19(2)14-15-28-27(34)26(21-12-10-20(3)11-13-21)31(17-22-7-6-16-35-22)25(33)18-32-24-9-5-4-8-23(24)29-30-32/h4-13,16,19,26H,14-15,17-18H2,1-3H3,(H,28,34). The van der Waals surface area contributed by atoms with E-state index < -0.39 is 6.04 Å². The van der Waals surface area contributed by atoms with E-state index in [0.29, 0.717) is 19.0 Å². The Balaban J connectivity index is 1.68. The molecule has 182 valence electrons. The van der Waals surface area contributed by atoms with Crippen molar-refractivity contribution < 1.29 is 9.59 Å². The van der Waals surface area contributed by atoms with Crippen molar-refractivity contribution >= 4 is 34.2 Å². The van der Waals surface area contributed by atoms with Crippen LogP contribution in [0.15, 0.2) is 66.0 Å². The lowest BCUT2D eigenvalue weighted by atomic mass is 10.0. The molecule has 8 heteroatoms. The molecule has 35 heavy (non-hydrogen) atoms. The van der Waals surface area contributed by atoms with Gasteiger partial charge in [0.2, 0.25) is 11.8 Å². The first-order chi connectivity index (χ1) is 16.9. The van der Waals surface area contributed by atoms with Crippen molar-refractivity contribution in [2.75, 3.05) is 6.54 Å². The Hall–Kier alpha value is -3.52. The third-order valence-electron chi connectivity index (χ3n) is 5.91. The number of thiophene rings is 1. The summed E-state index contributed by atoms with van der Waals surface area (Å²) >= 11 is 1.57. The zero-order chi connectivity index (χ0) is 24.8. The van der Waals surface area contributed by atoms with Gasteiger partial charge in [0.15, 0.2) is 0 Å². The molecule has 1 unspecified atom stereocenters. The van der Waals surface area contributed by atoms with Gasteiger partial charge in [-0.05, 0) is 48.4 Å². The van der Waals surface area contributed by atoms with Gasteiger partial charge in [-0.2, -0.15) is 0 Å². The Kier molecular flexibility index (Phi) is 7.92. The van der Waals surface area contributed by atoms with Crippen LogP contribution in [0.5, 0.6) is 0 Å². The molecular weight excluding hydrogens is 458 g/mol. The van der Waals surface area contributed by atoms with Gasteiger partial charge in [0.1, 0.15) is 18.1 Å². The number of amides is 2. The summed E-state index contributed by atoms with van der Waals surface area (Å²) in [6.07, 6.45) is 0.871. The van der Waals surface area contributed by atoms with Crippen LogP contribution in [-0.2, 0) is 22.7 Å². The van der Waals surface area contributed by atoms with Crippen molar-refractivity contribution in [3.8, 4) is 0 Å². The number of nitrogens with zero attached hydrogens (tertiary/aromatic N) is 4. The molecule has 0 bridgehead atoms. The summed E-state index contributed by atoms with van der Waals surface area (Å²) in [6.45, 7) is 7.14. The fourth-order valence-corrected chi connectivity index (χ4v) is 4.65. The van der Waals surface area contributed by atoms with Crippen molar-refractivity contribution in [1.82, 2.24) is 25.2 Å². The number of carbonyl (C=O) groups excluding carboxylic acids is 2. The number of benzene rings is 2. The molecule has 0 aliphatic heterocycles. The number of nitrogens with one attached hydrogen (secondary N) is 1. The fraction of sp³-hybridized carbons (Fsp3) is 0.333. The van der Waals surface area contributed by atoms with Gasteiger partial charge in [0, 0.05) is 11.4 Å². The lowest BCUT2D eigenvalue weighted by Gasteiger charge is -2.31. The minimum Gasteiger partial charge on any atom is -0.354 e. The highest BCUT2D eigenvalue weighted by molar-refractivity contribution is 7.09. The van der Waals surface area contributed by atoms with Gasteiger partial charge in [-0.25, -0.2) is 4.68 Å². The third-order valence-corrected chi connectivity index (χ3v) is 6.77. The van der Waals surface area contributed by atoms with Crippen LogP contribution in [0, 0.1) is 12.8 Å². The van der Waals surface area contributed by atoms with Crippen molar-refractivity contribution in [2.45, 2.75) is 46.3 Å². The van der Waals surface area contributed by atoms with Crippen molar-refractivity contribution in [2.24, 2.45) is 5.92 Å². The molecule has 0 aliphatic rings. The average molecular weight is 490 g/mol. The molecule has 1 N–H and O–H groups in total. The summed E-state index contributed by atoms with van der Waals surface area (Å²) in [5, 5.41) is 13.4. The average Bonchev–Trinajstić information content (AvgIpc) is 3.50. The Labute approximate surface area is 209 Å². The SMILES string of the molecule is Cc1ccc(C(C(=O)NCCC(C)C)N(Cc2cccs2)C(=O)Cn2nnc3ccccc32)cc1. The maximum absolute atomic E-state index is 13.8. The van der Waals surface area contributed by atoms with E-state index in [1.165, 1.54) is 0 Å². The molecule has 4 aromatic rings. The Morgan fingerprint density at radius 3 is 2.54 bits per heavy atom. The molecule has 2 aromatic heterocycles. The molecule has 0 saturated carbocycles. The van der Waals surface area contributed by atoms with Crippen LogP contribution in [0.3, 0.4) is 0 Å². The summed E-state index contributed by atoms with van der Waals surface area (Å²) in [5.74, 6) is 0.0964. The molecular formula is C27H31N5O2S. The molecule has 4 rings (SSSR count). The predicted molar refractivity (Wildman–Crippen MR) is 139 cm³/mol. The number of hydrogen-bond donors (Lipinski definition) is 1. The molecule has 1 atom stereocenters. The van der Waals surface area contributed by atoms with Gasteiger partial charge in [0.05, 0.1) is 12.1 Å². The molecule has 7 nitrogen and oxygen atoms in total. The van der Waals surface area contributed by atoms with Crippen molar-refractivity contribution in [1.29, 1.82) is 0 Å². The highest BCUT2D eigenvalue weighted by Crippen LogP contribution is 2.26. The van der Waals surface area contributed by atoms with Crippen LogP contribution in [-0.4, -0.2) is 38.3 Å². The monoisotopic (exact) mass is 489 g/mol. The van der Waals surface area contributed by atoms with Crippen molar-refractivity contribution in [3.63, 3.8) is 0 Å². The van der Waals surface area contributed by atoms with E-state index in [9.17, 15) is 9.59 Å². The highest BCUT2D eigenvalue weighted by atomic mass is 32.1. The molecule has 0 spiro atoms. The highest BCUT2D eigenvalue weighted by Gasteiger charge is 2.32. The van der Waals surface area contributed by atoms with E-state index >= 15 is 0 Å². The Bertz CT molecular complexity index is 1260. The maximum atomic E-state index is 13.8. The van der Waals surface area contributed by atoms with Gasteiger partial charge >= 0.3 is 0 Å². The molecule has 2 heterocycles. The maximum Gasteiger partial charge on any atom is 0.247 e. The number of fused-ring (bicyclic) bond motifs is 1. The van der Waals surface area contributed by atoms with Crippen LogP contribution in [0.1, 0.15) is 42.3 Å². The van der Waals surface area contributed by atoms with Crippen LogP contribution >= 0.6 is 11.3 Å². The number of aromatic nitrogens is 3. The van der Waals surface area contributed by atoms with Crippen LogP contribution in [0.4, 0.5) is 0 Å². The second kappa shape index (κ2) is 11.3. The zero-order valence-electron chi connectivity index (χ0n) is 20.3. The van der Waals surface area contributed by atoms with Gasteiger partial charge in [-0.15, -0.1) is 16.4 Å². The number of aryl methyl sites for hydroxylation is 1. The smallest absolute Gasteiger partial charge is 0.247 e. The quantitative estimate of drug-likeness (QED) is 0.349. The van der Waals surface area contributed by atoms with Crippen LogP contribution in [0.25, 0.3) is 11.0 Å². The topological polar surface area (TPSA) is 80.1 Å². The Morgan fingerprint density at radius 2 is 1.83 bits per heavy atom. The minimum atomic E-state index is -0.757. The Morgan fingerprint density at radius 1 is 1.06 bits per heavy atom. The zero-order valence-corrected chi connectivity index (χ0v) is 21.2. The van der Waals surface area contributed by atoms with E-state index in [2.05, 4.69) is 29.5 Å². The summed E-state index contributed by atoms with van der Waals surface area (Å²) in [4.78, 5) is 30.0. The molecule has 2 amide bonds. The second-order valence-corrected chi connectivity index (χ2v) is 10.2. The molecule has 0 saturated heterocycles. The van der Waals surface area contributed by atoms with Gasteiger partial charge in [-0.1, -0.05) is 67.1 Å². The van der Waals surface area contributed by atoms with E-state index in [0.717, 1.165) is 33.5 Å². The number of carbonyl (C=O) groups is 2. The van der Waals surface area contributed by atoms with E-state index in [-0.39, 0.29) is 18.4 Å². The molecule has 0 aliphatic carbocycles. The summed E-state index contributed by atoms with van der Waals surface area (Å²) in [6, 6.07) is 18.5. The molecule has 0 radical (unpaired) electrons. The second-order valence-electron chi connectivity index (χ2n) is 9.12. The minimum absolute atomic E-state index is 0.00642. The lowest BCUT2D eigenvalue weighted by Crippen LogP contribution is -2.44. The lowest BCUT2D eigenvalue weighted by molar-refractivity contribution is -0.142. The molecule has 0 fully saturated rings. The summed E-state index contributed by atoms with van der Waals surface area (Å²) in [7, 11) is 0. The summed E-state index contributed by atoms with van der Waals surface area (Å²) in [5.41, 5.74) is 3.39. The van der Waals surface area contributed by atoms with E-state index in [1.807, 2.05) is 73.0 Å². The fourth-order valence-electron chi connectivity index (χ4n) is 3.95. The number of rotatable bonds is 10. The van der Waals surface area contributed by atoms with Crippen LogP contribution < -0.4 is 5.32 Å². The largest absolute Gasteiger partial charge is 0.354 e. The first-order valence-corrected chi connectivity index (χ1v) is 12.7. The first-order valence-electron chi connectivity index (χ1n) is 11.9. The van der Waals surface area contributed by atoms with Gasteiger partial charge < -0.3 is 10.2 Å². The summed E-state index contributed by atoms with van der Waals surface area (Å²) < 4.78 is 1.60. The van der Waals surface area contributed by atoms with E-state index in [1.54, 1.807) is 20.9 Å². The van der Waals surface area contributed by atoms with Crippen molar-refractivity contribution in [3.05, 3.63) is 82.0 Å². The predicted octanol–water partition coefficient (Wildman–Crippen LogP) is 4.73.